The second-order valence-electron chi connectivity index (χ2n) is 7.71. The molecule has 0 aromatic carbocycles. The Labute approximate surface area is 179 Å². The molecule has 168 valence electrons. The number of unbranched alkanes of at least 4 members (excludes halogenated alkanes) is 8. The number of nitrogens with one attached hydrogen (secondary N) is 2. The smallest absolute Gasteiger partial charge is 0.242 e. The molecule has 4 N–H and O–H groups in total. The van der Waals surface area contributed by atoms with E-state index in [0.29, 0.717) is 19.5 Å². The summed E-state index contributed by atoms with van der Waals surface area (Å²) in [6, 6.07) is -0.464. The fourth-order valence-electron chi connectivity index (χ4n) is 3.11. The second kappa shape index (κ2) is 21.1. The van der Waals surface area contributed by atoms with Crippen molar-refractivity contribution in [2.75, 3.05) is 13.1 Å². The van der Waals surface area contributed by atoms with Crippen molar-refractivity contribution < 1.29 is 9.59 Å². The summed E-state index contributed by atoms with van der Waals surface area (Å²) in [4.78, 5) is 23.4. The number of nitrogens with two attached hydrogens (primary N) is 1. The molecule has 2 amide bonds. The van der Waals surface area contributed by atoms with Gasteiger partial charge in [-0.15, -0.1) is 0 Å². The zero-order chi connectivity index (χ0) is 21.6. The van der Waals surface area contributed by atoms with Crippen LogP contribution in [0.1, 0.15) is 97.3 Å². The van der Waals surface area contributed by atoms with Gasteiger partial charge in [0, 0.05) is 13.5 Å². The van der Waals surface area contributed by atoms with Crippen LogP contribution in [0.4, 0.5) is 0 Å². The van der Waals surface area contributed by atoms with Gasteiger partial charge in [0.05, 0.1) is 0 Å². The maximum Gasteiger partial charge on any atom is 0.242 e. The van der Waals surface area contributed by atoms with Crippen LogP contribution >= 0.6 is 0 Å². The second-order valence-corrected chi connectivity index (χ2v) is 7.71. The van der Waals surface area contributed by atoms with Crippen LogP contribution < -0.4 is 16.4 Å². The largest absolute Gasteiger partial charge is 0.354 e. The summed E-state index contributed by atoms with van der Waals surface area (Å²) in [6.45, 7) is 4.86. The highest BCUT2D eigenvalue weighted by atomic mass is 16.2. The molecule has 1 unspecified atom stereocenters. The third-order valence-electron chi connectivity index (χ3n) is 4.82. The molecular weight excluding hydrogens is 362 g/mol. The minimum Gasteiger partial charge on any atom is -0.354 e. The maximum atomic E-state index is 12.2. The standard InChI is InChI=1S/C24H45N3O2/c1-3-4-5-6-7-8-9-10-11-12-13-14-15-16-17-21-26-24(29)23(19-18-20-25)27-22(2)28/h7-8,10-11,23H,3-6,9,12-21,25H2,1-2H3,(H,26,29)(H,27,28)/b8-7-,11-10-. The van der Waals surface area contributed by atoms with E-state index in [2.05, 4.69) is 41.9 Å². The zero-order valence-electron chi connectivity index (χ0n) is 18.9. The van der Waals surface area contributed by atoms with E-state index < -0.39 is 6.04 Å². The molecule has 0 aromatic heterocycles. The highest BCUT2D eigenvalue weighted by Gasteiger charge is 2.17. The summed E-state index contributed by atoms with van der Waals surface area (Å²) in [6.07, 6.45) is 23.6. The molecule has 0 rings (SSSR count). The summed E-state index contributed by atoms with van der Waals surface area (Å²) in [5, 5.41) is 5.63. The van der Waals surface area contributed by atoms with Crippen LogP contribution in [0.3, 0.4) is 0 Å². The van der Waals surface area contributed by atoms with Gasteiger partial charge in [-0.3, -0.25) is 9.59 Å². The Hall–Kier alpha value is -1.62. The highest BCUT2D eigenvalue weighted by Crippen LogP contribution is 2.06. The predicted molar refractivity (Wildman–Crippen MR) is 124 cm³/mol. The van der Waals surface area contributed by atoms with Gasteiger partial charge in [0.2, 0.25) is 11.8 Å². The Balaban J connectivity index is 3.58. The van der Waals surface area contributed by atoms with Gasteiger partial charge in [-0.2, -0.15) is 0 Å². The average molecular weight is 408 g/mol. The van der Waals surface area contributed by atoms with E-state index in [1.165, 1.54) is 51.9 Å². The summed E-state index contributed by atoms with van der Waals surface area (Å²) >= 11 is 0. The van der Waals surface area contributed by atoms with Crippen molar-refractivity contribution in [1.29, 1.82) is 0 Å². The molecule has 0 spiro atoms. The van der Waals surface area contributed by atoms with E-state index in [1.54, 1.807) is 0 Å². The Bertz CT molecular complexity index is 461. The lowest BCUT2D eigenvalue weighted by atomic mass is 10.1. The Morgan fingerprint density at radius 3 is 2.10 bits per heavy atom. The van der Waals surface area contributed by atoms with Gasteiger partial charge < -0.3 is 16.4 Å². The normalized spacial score (nSPS) is 12.5. The first-order chi connectivity index (χ1) is 14.1. The van der Waals surface area contributed by atoms with Crippen molar-refractivity contribution in [3.05, 3.63) is 24.3 Å². The number of carbonyl (C=O) groups is 2. The molecule has 0 bridgehead atoms. The lowest BCUT2D eigenvalue weighted by molar-refractivity contribution is -0.128. The lowest BCUT2D eigenvalue weighted by Gasteiger charge is -2.17. The van der Waals surface area contributed by atoms with Gasteiger partial charge in [0.15, 0.2) is 0 Å². The topological polar surface area (TPSA) is 84.2 Å². The summed E-state index contributed by atoms with van der Waals surface area (Å²) in [5.74, 6) is -0.280. The number of hydrogen-bond acceptors (Lipinski definition) is 3. The van der Waals surface area contributed by atoms with Crippen LogP contribution in [0.25, 0.3) is 0 Å². The zero-order valence-corrected chi connectivity index (χ0v) is 18.9. The van der Waals surface area contributed by atoms with E-state index >= 15 is 0 Å². The van der Waals surface area contributed by atoms with Crippen LogP contribution in [-0.4, -0.2) is 30.9 Å². The van der Waals surface area contributed by atoms with Crippen molar-refractivity contribution in [3.8, 4) is 0 Å². The molecule has 29 heavy (non-hydrogen) atoms. The molecule has 0 radical (unpaired) electrons. The minimum atomic E-state index is -0.464. The Kier molecular flexibility index (Phi) is 19.9. The van der Waals surface area contributed by atoms with Gasteiger partial charge in [-0.25, -0.2) is 0 Å². The van der Waals surface area contributed by atoms with E-state index in [0.717, 1.165) is 32.1 Å². The van der Waals surface area contributed by atoms with Gasteiger partial charge in [0.25, 0.3) is 0 Å². The van der Waals surface area contributed by atoms with Crippen molar-refractivity contribution in [1.82, 2.24) is 10.6 Å². The molecule has 0 saturated carbocycles. The van der Waals surface area contributed by atoms with Crippen LogP contribution in [0.15, 0.2) is 24.3 Å². The molecule has 0 fully saturated rings. The highest BCUT2D eigenvalue weighted by molar-refractivity contribution is 5.86. The molecule has 5 heteroatoms. The van der Waals surface area contributed by atoms with Crippen molar-refractivity contribution in [2.45, 2.75) is 103 Å². The minimum absolute atomic E-state index is 0.0989. The number of carbonyl (C=O) groups excluding carboxylic acids is 2. The molecular formula is C24H45N3O2. The third kappa shape index (κ3) is 19.5. The van der Waals surface area contributed by atoms with Crippen LogP contribution in [0, 0.1) is 0 Å². The predicted octanol–water partition coefficient (Wildman–Crippen LogP) is 4.77. The lowest BCUT2D eigenvalue weighted by Crippen LogP contribution is -2.46. The molecule has 0 aliphatic heterocycles. The average Bonchev–Trinajstić information content (AvgIpc) is 2.70. The van der Waals surface area contributed by atoms with Crippen LogP contribution in [-0.2, 0) is 9.59 Å². The molecule has 0 aliphatic rings. The fraction of sp³-hybridized carbons (Fsp3) is 0.750. The van der Waals surface area contributed by atoms with Crippen molar-refractivity contribution in [3.63, 3.8) is 0 Å². The monoisotopic (exact) mass is 407 g/mol. The van der Waals surface area contributed by atoms with Gasteiger partial charge in [-0.1, -0.05) is 63.3 Å². The molecule has 5 nitrogen and oxygen atoms in total. The fourth-order valence-corrected chi connectivity index (χ4v) is 3.11. The molecule has 0 saturated heterocycles. The first-order valence-corrected chi connectivity index (χ1v) is 11.7. The number of rotatable bonds is 19. The van der Waals surface area contributed by atoms with Gasteiger partial charge >= 0.3 is 0 Å². The van der Waals surface area contributed by atoms with E-state index in [1.807, 2.05) is 0 Å². The number of amides is 2. The van der Waals surface area contributed by atoms with E-state index in [9.17, 15) is 9.59 Å². The summed E-state index contributed by atoms with van der Waals surface area (Å²) in [5.41, 5.74) is 5.50. The van der Waals surface area contributed by atoms with E-state index in [-0.39, 0.29) is 11.8 Å². The molecule has 0 heterocycles. The van der Waals surface area contributed by atoms with Crippen LogP contribution in [0.2, 0.25) is 0 Å². The molecule has 0 aromatic rings. The first-order valence-electron chi connectivity index (χ1n) is 11.7. The Morgan fingerprint density at radius 2 is 1.48 bits per heavy atom. The maximum absolute atomic E-state index is 12.2. The van der Waals surface area contributed by atoms with Gasteiger partial charge in [-0.05, 0) is 57.9 Å². The van der Waals surface area contributed by atoms with Crippen molar-refractivity contribution >= 4 is 11.8 Å². The van der Waals surface area contributed by atoms with Crippen molar-refractivity contribution in [2.24, 2.45) is 5.73 Å². The number of hydrogen-bond donors (Lipinski definition) is 3. The SMILES string of the molecule is CCCCC/C=C\C/C=C\CCCCCCCNC(=O)C(CCCN)NC(C)=O. The third-order valence-corrected chi connectivity index (χ3v) is 4.82. The first kappa shape index (κ1) is 27.4. The Morgan fingerprint density at radius 1 is 0.862 bits per heavy atom. The van der Waals surface area contributed by atoms with E-state index in [4.69, 9.17) is 5.73 Å². The molecule has 0 aliphatic carbocycles. The molecule has 1 atom stereocenters. The number of allylic oxidation sites excluding steroid dienone is 4. The summed E-state index contributed by atoms with van der Waals surface area (Å²) in [7, 11) is 0. The van der Waals surface area contributed by atoms with Gasteiger partial charge in [0.1, 0.15) is 6.04 Å². The quantitative estimate of drug-likeness (QED) is 0.213. The summed E-state index contributed by atoms with van der Waals surface area (Å²) < 4.78 is 0. The van der Waals surface area contributed by atoms with Crippen LogP contribution in [0.5, 0.6) is 0 Å².